The quantitative estimate of drug-likeness (QED) is 0.819. The molecule has 0 spiro atoms. The molecule has 1 aliphatic rings. The van der Waals surface area contributed by atoms with Crippen LogP contribution in [-0.4, -0.2) is 39.7 Å². The molecule has 1 saturated heterocycles. The summed E-state index contributed by atoms with van der Waals surface area (Å²) in [7, 11) is 0. The Morgan fingerprint density at radius 2 is 2.28 bits per heavy atom. The molecule has 1 heterocycles. The summed E-state index contributed by atoms with van der Waals surface area (Å²) in [4.78, 5) is 11.9. The van der Waals surface area contributed by atoms with Gasteiger partial charge in [0.15, 0.2) is 5.78 Å². The van der Waals surface area contributed by atoms with E-state index < -0.39 is 0 Å². The van der Waals surface area contributed by atoms with Gasteiger partial charge in [-0.05, 0) is 25.5 Å². The van der Waals surface area contributed by atoms with Crippen molar-refractivity contribution in [2.45, 2.75) is 24.7 Å². The van der Waals surface area contributed by atoms with Gasteiger partial charge in [0.2, 0.25) is 0 Å². The predicted molar refractivity (Wildman–Crippen MR) is 70.4 cm³/mol. The number of carbonyl (C=O) groups excluding carboxylic acids is 1. The molecule has 2 N–H and O–H groups in total. The van der Waals surface area contributed by atoms with Crippen molar-refractivity contribution < 1.29 is 19.7 Å². The van der Waals surface area contributed by atoms with E-state index in [2.05, 4.69) is 0 Å². The number of rotatable bonds is 4. The monoisotopic (exact) mass is 268 g/mol. The van der Waals surface area contributed by atoms with Crippen molar-refractivity contribution >= 4 is 17.5 Å². The minimum absolute atomic E-state index is 0.0467. The number of aromatic hydroxyl groups is 2. The molecule has 0 amide bonds. The molecule has 4 nitrogen and oxygen atoms in total. The Labute approximate surface area is 110 Å². The molecule has 2 atom stereocenters. The number of phenolic OH excluding ortho intramolecular Hbond substituents is 2. The molecule has 18 heavy (non-hydrogen) atoms. The number of carbonyl (C=O) groups is 1. The Morgan fingerprint density at radius 1 is 1.50 bits per heavy atom. The first-order valence-corrected chi connectivity index (χ1v) is 6.91. The van der Waals surface area contributed by atoms with Crippen LogP contribution in [0, 0.1) is 0 Å². The summed E-state index contributed by atoms with van der Waals surface area (Å²) in [5, 5.41) is 19.1. The summed E-state index contributed by atoms with van der Waals surface area (Å²) in [6.07, 6.45) is 1.14. The Kier molecular flexibility index (Phi) is 4.14. The fraction of sp³-hybridized carbons (Fsp3) is 0.462. The maximum atomic E-state index is 11.9. The number of thioether (sulfide) groups is 1. The minimum Gasteiger partial charge on any atom is -0.508 e. The zero-order valence-electron chi connectivity index (χ0n) is 10.1. The van der Waals surface area contributed by atoms with E-state index >= 15 is 0 Å². The molecule has 0 radical (unpaired) electrons. The van der Waals surface area contributed by atoms with E-state index in [9.17, 15) is 9.90 Å². The summed E-state index contributed by atoms with van der Waals surface area (Å²) in [6.45, 7) is 2.75. The molecule has 1 fully saturated rings. The first-order valence-electron chi connectivity index (χ1n) is 5.86. The smallest absolute Gasteiger partial charge is 0.176 e. The van der Waals surface area contributed by atoms with Crippen LogP contribution in [0.25, 0.3) is 0 Å². The highest BCUT2D eigenvalue weighted by Crippen LogP contribution is 2.29. The summed E-state index contributed by atoms with van der Waals surface area (Å²) in [5.74, 6) is -0.0288. The highest BCUT2D eigenvalue weighted by Gasteiger charge is 2.25. The van der Waals surface area contributed by atoms with Crippen molar-refractivity contribution in [3.63, 3.8) is 0 Å². The standard InChI is InChI=1S/C13H16O4S/c1-8-13(4-5-17-8)18-7-12(16)10-3-2-9(14)6-11(10)15/h2-3,6,8,13-15H,4-5,7H2,1H3. The number of hydrogen-bond donors (Lipinski definition) is 2. The third-order valence-electron chi connectivity index (χ3n) is 3.02. The lowest BCUT2D eigenvalue weighted by Gasteiger charge is -2.13. The molecular weight excluding hydrogens is 252 g/mol. The number of Topliss-reactive ketones (excluding diaryl/α,β-unsaturated/α-hetero) is 1. The molecule has 0 bridgehead atoms. The Hall–Kier alpha value is -1.20. The second kappa shape index (κ2) is 5.63. The third-order valence-corrected chi connectivity index (χ3v) is 4.49. The minimum atomic E-state index is -0.170. The van der Waals surface area contributed by atoms with Crippen LogP contribution in [0.3, 0.4) is 0 Å². The number of benzene rings is 1. The Morgan fingerprint density at radius 3 is 2.89 bits per heavy atom. The molecule has 1 aliphatic heterocycles. The molecule has 2 rings (SSSR count). The maximum absolute atomic E-state index is 11.9. The van der Waals surface area contributed by atoms with Gasteiger partial charge in [0.05, 0.1) is 17.4 Å². The van der Waals surface area contributed by atoms with Crippen molar-refractivity contribution in [3.8, 4) is 11.5 Å². The van der Waals surface area contributed by atoms with Crippen molar-refractivity contribution in [1.29, 1.82) is 0 Å². The Balaban J connectivity index is 1.95. The summed E-state index contributed by atoms with van der Waals surface area (Å²) in [6, 6.07) is 4.03. The van der Waals surface area contributed by atoms with Crippen LogP contribution in [0.2, 0.25) is 0 Å². The first-order chi connectivity index (χ1) is 8.58. The zero-order valence-corrected chi connectivity index (χ0v) is 10.9. The highest BCUT2D eigenvalue weighted by atomic mass is 32.2. The van der Waals surface area contributed by atoms with Crippen LogP contribution >= 0.6 is 11.8 Å². The van der Waals surface area contributed by atoms with Gasteiger partial charge in [-0.3, -0.25) is 4.79 Å². The highest BCUT2D eigenvalue weighted by molar-refractivity contribution is 8.00. The molecule has 98 valence electrons. The SMILES string of the molecule is CC1OCCC1SCC(=O)c1ccc(O)cc1O. The number of hydrogen-bond acceptors (Lipinski definition) is 5. The van der Waals surface area contributed by atoms with Crippen LogP contribution in [-0.2, 0) is 4.74 Å². The lowest BCUT2D eigenvalue weighted by molar-refractivity contribution is 0.101. The van der Waals surface area contributed by atoms with Crippen molar-refractivity contribution in [3.05, 3.63) is 23.8 Å². The topological polar surface area (TPSA) is 66.8 Å². The average molecular weight is 268 g/mol. The van der Waals surface area contributed by atoms with Gasteiger partial charge in [0.25, 0.3) is 0 Å². The van der Waals surface area contributed by atoms with Crippen LogP contribution in [0.1, 0.15) is 23.7 Å². The largest absolute Gasteiger partial charge is 0.508 e. The van der Waals surface area contributed by atoms with Gasteiger partial charge in [0.1, 0.15) is 11.5 Å². The molecule has 5 heteroatoms. The third kappa shape index (κ3) is 2.97. The van der Waals surface area contributed by atoms with E-state index in [4.69, 9.17) is 9.84 Å². The van der Waals surface area contributed by atoms with Gasteiger partial charge in [-0.15, -0.1) is 11.8 Å². The van der Waals surface area contributed by atoms with Crippen LogP contribution in [0.5, 0.6) is 11.5 Å². The second-order valence-electron chi connectivity index (χ2n) is 4.34. The van der Waals surface area contributed by atoms with E-state index in [1.807, 2.05) is 6.92 Å². The molecule has 0 saturated carbocycles. The van der Waals surface area contributed by atoms with Gasteiger partial charge < -0.3 is 14.9 Å². The maximum Gasteiger partial charge on any atom is 0.176 e. The van der Waals surface area contributed by atoms with E-state index in [1.165, 1.54) is 18.2 Å². The van der Waals surface area contributed by atoms with Crippen molar-refractivity contribution in [1.82, 2.24) is 0 Å². The zero-order chi connectivity index (χ0) is 13.1. The van der Waals surface area contributed by atoms with Gasteiger partial charge in [-0.1, -0.05) is 0 Å². The van der Waals surface area contributed by atoms with Gasteiger partial charge in [-0.25, -0.2) is 0 Å². The average Bonchev–Trinajstić information content (AvgIpc) is 2.72. The molecule has 0 aliphatic carbocycles. The molecule has 0 aromatic heterocycles. The van der Waals surface area contributed by atoms with E-state index in [0.717, 1.165) is 13.0 Å². The lowest BCUT2D eigenvalue weighted by Crippen LogP contribution is -2.16. The van der Waals surface area contributed by atoms with Crippen LogP contribution in [0.4, 0.5) is 0 Å². The first kappa shape index (κ1) is 13.2. The van der Waals surface area contributed by atoms with Gasteiger partial charge in [0, 0.05) is 17.9 Å². The summed E-state index contributed by atoms with van der Waals surface area (Å²) < 4.78 is 5.43. The van der Waals surface area contributed by atoms with Crippen LogP contribution in [0.15, 0.2) is 18.2 Å². The number of ketones is 1. The Bertz CT molecular complexity index is 447. The van der Waals surface area contributed by atoms with E-state index in [1.54, 1.807) is 11.8 Å². The fourth-order valence-corrected chi connectivity index (χ4v) is 3.08. The number of ether oxygens (including phenoxy) is 1. The summed E-state index contributed by atoms with van der Waals surface area (Å²) in [5.41, 5.74) is 0.256. The second-order valence-corrected chi connectivity index (χ2v) is 5.57. The van der Waals surface area contributed by atoms with Crippen molar-refractivity contribution in [2.24, 2.45) is 0 Å². The van der Waals surface area contributed by atoms with Gasteiger partial charge >= 0.3 is 0 Å². The predicted octanol–water partition coefficient (Wildman–Crippen LogP) is 2.19. The molecule has 1 aromatic rings. The lowest BCUT2D eigenvalue weighted by atomic mass is 10.1. The molecular formula is C13H16O4S. The van der Waals surface area contributed by atoms with Gasteiger partial charge in [-0.2, -0.15) is 0 Å². The normalized spacial score (nSPS) is 23.2. The van der Waals surface area contributed by atoms with E-state index in [0.29, 0.717) is 11.0 Å². The van der Waals surface area contributed by atoms with Crippen LogP contribution < -0.4 is 0 Å². The number of phenols is 2. The molecule has 2 unspecified atom stereocenters. The summed E-state index contributed by atoms with van der Waals surface area (Å²) >= 11 is 1.56. The fourth-order valence-electron chi connectivity index (χ4n) is 1.95. The van der Waals surface area contributed by atoms with E-state index in [-0.39, 0.29) is 28.9 Å². The molecule has 1 aromatic carbocycles. The van der Waals surface area contributed by atoms with Crippen molar-refractivity contribution in [2.75, 3.05) is 12.4 Å².